The van der Waals surface area contributed by atoms with Crippen LogP contribution in [0, 0.1) is 0 Å². The summed E-state index contributed by atoms with van der Waals surface area (Å²) in [6.07, 6.45) is -8.20. The van der Waals surface area contributed by atoms with Crippen LogP contribution in [0.3, 0.4) is 0 Å². The predicted molar refractivity (Wildman–Crippen MR) is 134 cm³/mol. The number of hydrogen-bond donors (Lipinski definition) is 6. The molecule has 2 rings (SSSR count). The second-order valence-corrected chi connectivity index (χ2v) is 10.2. The van der Waals surface area contributed by atoms with Crippen LogP contribution in [0.1, 0.15) is 13.3 Å². The van der Waals surface area contributed by atoms with E-state index < -0.39 is 59.5 Å². The number of aliphatic hydroxyl groups excluding tert-OH is 5. The van der Waals surface area contributed by atoms with Crippen LogP contribution < -0.4 is 9.62 Å². The van der Waals surface area contributed by atoms with E-state index in [9.17, 15) is 33.6 Å². The molecule has 0 saturated heterocycles. The minimum absolute atomic E-state index is 0.0457. The summed E-state index contributed by atoms with van der Waals surface area (Å²) in [5.41, 5.74) is 0.562. The summed E-state index contributed by atoms with van der Waals surface area (Å²) in [4.78, 5) is 13.6. The number of hydrogen-bond acceptors (Lipinski definition) is 10. The number of esters is 1. The number of sulfonamides is 1. The first-order chi connectivity index (χ1) is 16.8. The molecule has 0 saturated carbocycles. The molecular weight excluding hydrogens is 492 g/mol. The molecule has 5 atom stereocenters. The summed E-state index contributed by atoms with van der Waals surface area (Å²) >= 11 is 0. The van der Waals surface area contributed by atoms with Gasteiger partial charge in [-0.3, -0.25) is 0 Å². The van der Waals surface area contributed by atoms with Crippen molar-refractivity contribution in [3.8, 4) is 0 Å². The monoisotopic (exact) mass is 526 g/mol. The molecule has 2 aromatic carbocycles. The van der Waals surface area contributed by atoms with Gasteiger partial charge in [0.2, 0.25) is 10.0 Å². The molecule has 0 aliphatic carbocycles. The van der Waals surface area contributed by atoms with Crippen LogP contribution in [0.25, 0.3) is 10.8 Å². The Morgan fingerprint density at radius 3 is 2.22 bits per heavy atom. The molecular formula is C24H34N2O9S. The Morgan fingerprint density at radius 2 is 1.64 bits per heavy atom. The lowest BCUT2D eigenvalue weighted by molar-refractivity contribution is -0.139. The maximum Gasteiger partial charge on any atom is 0.333 e. The van der Waals surface area contributed by atoms with Crippen molar-refractivity contribution in [2.45, 2.75) is 48.7 Å². The van der Waals surface area contributed by atoms with Gasteiger partial charge in [0, 0.05) is 42.5 Å². The van der Waals surface area contributed by atoms with Gasteiger partial charge in [-0.2, -0.15) is 0 Å². The zero-order valence-corrected chi connectivity index (χ0v) is 21.2. The number of aliphatic hydroxyl groups is 5. The van der Waals surface area contributed by atoms with Gasteiger partial charge in [0.05, 0.1) is 30.3 Å². The quantitative estimate of drug-likeness (QED) is 0.147. The van der Waals surface area contributed by atoms with Gasteiger partial charge < -0.3 is 35.2 Å². The van der Waals surface area contributed by atoms with E-state index in [0.29, 0.717) is 10.8 Å². The molecule has 0 spiro atoms. The fraction of sp³-hybridized carbons (Fsp3) is 0.458. The fourth-order valence-electron chi connectivity index (χ4n) is 3.75. The smallest absolute Gasteiger partial charge is 0.333 e. The Morgan fingerprint density at radius 1 is 1.03 bits per heavy atom. The van der Waals surface area contributed by atoms with Crippen molar-refractivity contribution in [3.63, 3.8) is 0 Å². The third-order valence-electron chi connectivity index (χ3n) is 5.65. The van der Waals surface area contributed by atoms with E-state index in [0.717, 1.165) is 5.69 Å². The largest absolute Gasteiger partial charge is 0.463 e. The van der Waals surface area contributed by atoms with Crippen molar-refractivity contribution < 1.29 is 43.5 Å². The third kappa shape index (κ3) is 6.79. The normalized spacial score (nSPS) is 16.1. The molecule has 0 bridgehead atoms. The van der Waals surface area contributed by atoms with E-state index in [1.54, 1.807) is 45.3 Å². The fourth-order valence-corrected chi connectivity index (χ4v) is 5.26. The summed E-state index contributed by atoms with van der Waals surface area (Å²) in [5, 5.41) is 51.7. The molecule has 0 amide bonds. The van der Waals surface area contributed by atoms with Gasteiger partial charge in [0.15, 0.2) is 0 Å². The molecule has 2 aromatic rings. The van der Waals surface area contributed by atoms with Gasteiger partial charge in [-0.1, -0.05) is 30.8 Å². The number of fused-ring (bicyclic) bond motifs is 1. The minimum atomic E-state index is -4.44. The average Bonchev–Trinajstić information content (AvgIpc) is 2.84. The maximum atomic E-state index is 13.5. The second kappa shape index (κ2) is 12.6. The van der Waals surface area contributed by atoms with Crippen LogP contribution >= 0.6 is 0 Å². The van der Waals surface area contributed by atoms with Crippen LogP contribution in [-0.4, -0.2) is 97.7 Å². The van der Waals surface area contributed by atoms with Crippen molar-refractivity contribution in [2.24, 2.45) is 0 Å². The van der Waals surface area contributed by atoms with Crippen LogP contribution in [0.2, 0.25) is 0 Å². The summed E-state index contributed by atoms with van der Waals surface area (Å²) in [6.45, 7) is 4.21. The number of carbonyl (C=O) groups excluding carboxylic acids is 1. The first-order valence-corrected chi connectivity index (χ1v) is 12.7. The van der Waals surface area contributed by atoms with E-state index in [1.165, 1.54) is 6.07 Å². The molecule has 6 N–H and O–H groups in total. The Bertz CT molecular complexity index is 1170. The second-order valence-electron chi connectivity index (χ2n) is 8.50. The van der Waals surface area contributed by atoms with Gasteiger partial charge in [-0.05, 0) is 19.1 Å². The molecule has 11 nitrogen and oxygen atoms in total. The SMILES string of the molecule is C=C(C[C@H](O)[C@@H](NS(=O)(=O)c1cccc2c(N(C)C)cccc12)[C@@H](O)[C@H](O)[C@H](O)CO)C(=O)OCC. The molecule has 200 valence electrons. The number of carbonyl (C=O) groups is 1. The van der Waals surface area contributed by atoms with Crippen molar-refractivity contribution in [3.05, 3.63) is 48.6 Å². The van der Waals surface area contributed by atoms with Gasteiger partial charge >= 0.3 is 5.97 Å². The van der Waals surface area contributed by atoms with Crippen molar-refractivity contribution >= 4 is 32.5 Å². The molecule has 0 aliphatic heterocycles. The van der Waals surface area contributed by atoms with Crippen LogP contribution in [0.15, 0.2) is 53.4 Å². The highest BCUT2D eigenvalue weighted by molar-refractivity contribution is 7.89. The summed E-state index contributed by atoms with van der Waals surface area (Å²) in [7, 11) is -0.827. The number of ether oxygens (including phenoxy) is 1. The molecule has 0 fully saturated rings. The van der Waals surface area contributed by atoms with Gasteiger partial charge in [-0.15, -0.1) is 0 Å². The van der Waals surface area contributed by atoms with Crippen LogP contribution in [0.4, 0.5) is 5.69 Å². The molecule has 12 heteroatoms. The highest BCUT2D eigenvalue weighted by Gasteiger charge is 2.39. The zero-order chi connectivity index (χ0) is 27.2. The van der Waals surface area contributed by atoms with E-state index in [2.05, 4.69) is 11.3 Å². The van der Waals surface area contributed by atoms with Crippen LogP contribution in [0.5, 0.6) is 0 Å². The topological polar surface area (TPSA) is 177 Å². The van der Waals surface area contributed by atoms with Crippen LogP contribution in [-0.2, 0) is 19.6 Å². The lowest BCUT2D eigenvalue weighted by atomic mass is 9.94. The van der Waals surface area contributed by atoms with Gasteiger partial charge in [0.25, 0.3) is 0 Å². The molecule has 36 heavy (non-hydrogen) atoms. The van der Waals surface area contributed by atoms with E-state index >= 15 is 0 Å². The first kappa shape index (κ1) is 29.6. The Hall–Kier alpha value is -2.58. The number of rotatable bonds is 13. The third-order valence-corrected chi connectivity index (χ3v) is 7.17. The van der Waals surface area contributed by atoms with Crippen molar-refractivity contribution in [2.75, 3.05) is 32.2 Å². The maximum absolute atomic E-state index is 13.5. The lowest BCUT2D eigenvalue weighted by Gasteiger charge is -2.32. The highest BCUT2D eigenvalue weighted by atomic mass is 32.2. The molecule has 0 unspecified atom stereocenters. The Labute approximate surface area is 210 Å². The van der Waals surface area contributed by atoms with Gasteiger partial charge in [-0.25, -0.2) is 17.9 Å². The summed E-state index contributed by atoms with van der Waals surface area (Å²) in [6, 6.07) is 7.93. The van der Waals surface area contributed by atoms with Gasteiger partial charge in [0.1, 0.15) is 18.3 Å². The number of anilines is 1. The molecule has 0 heterocycles. The highest BCUT2D eigenvalue weighted by Crippen LogP contribution is 2.30. The molecule has 0 aliphatic rings. The van der Waals surface area contributed by atoms with Crippen molar-refractivity contribution in [1.82, 2.24) is 4.72 Å². The standard InChI is InChI=1S/C24H34N2O9S/c1-5-35-24(32)14(2)12-18(28)21(23(31)22(30)19(29)13-27)25-36(33,34)20-11-7-8-15-16(20)9-6-10-17(15)26(3)4/h6-11,18-19,21-23,25,27-31H,2,5,12-13H2,1,3-4H3/t18-,19+,21+,22+,23+/m0/s1. The predicted octanol–water partition coefficient (Wildman–Crippen LogP) is -0.502. The first-order valence-electron chi connectivity index (χ1n) is 11.2. The number of benzene rings is 2. The zero-order valence-electron chi connectivity index (χ0n) is 20.4. The van der Waals surface area contributed by atoms with E-state index in [4.69, 9.17) is 9.84 Å². The average molecular weight is 527 g/mol. The number of nitrogens with one attached hydrogen (secondary N) is 1. The van der Waals surface area contributed by atoms with E-state index in [1.807, 2.05) is 11.0 Å². The Kier molecular flexibility index (Phi) is 10.4. The number of nitrogens with zero attached hydrogens (tertiary/aromatic N) is 1. The Balaban J connectivity index is 2.50. The lowest BCUT2D eigenvalue weighted by Crippen LogP contribution is -2.57. The summed E-state index contributed by atoms with van der Waals surface area (Å²) in [5.74, 6) is -0.825. The molecule has 0 radical (unpaired) electrons. The van der Waals surface area contributed by atoms with E-state index in [-0.39, 0.29) is 17.1 Å². The molecule has 0 aromatic heterocycles. The van der Waals surface area contributed by atoms with Crippen molar-refractivity contribution in [1.29, 1.82) is 0 Å². The summed E-state index contributed by atoms with van der Waals surface area (Å²) < 4.78 is 34.0. The minimum Gasteiger partial charge on any atom is -0.463 e.